The molecule has 0 saturated heterocycles. The molecule has 0 radical (unpaired) electrons. The van der Waals surface area contributed by atoms with E-state index in [9.17, 15) is 9.59 Å². The molecular formula is C22H26N4O2. The van der Waals surface area contributed by atoms with E-state index in [0.717, 1.165) is 42.0 Å². The molecule has 6 nitrogen and oxygen atoms in total. The fourth-order valence-corrected chi connectivity index (χ4v) is 3.69. The van der Waals surface area contributed by atoms with E-state index in [-0.39, 0.29) is 24.5 Å². The lowest BCUT2D eigenvalue weighted by atomic mass is 9.96. The molecule has 2 aromatic rings. The fourth-order valence-electron chi connectivity index (χ4n) is 3.69. The molecule has 0 aromatic heterocycles. The van der Waals surface area contributed by atoms with Crippen LogP contribution in [0.3, 0.4) is 0 Å². The molecule has 3 N–H and O–H groups in total. The fraction of sp³-hybridized carbons (Fsp3) is 0.409. The number of carbonyl (C=O) groups excluding carboxylic acids is 2. The third-order valence-electron chi connectivity index (χ3n) is 5.16. The highest BCUT2D eigenvalue weighted by molar-refractivity contribution is 5.88. The van der Waals surface area contributed by atoms with E-state index in [0.29, 0.717) is 6.42 Å². The molecule has 1 unspecified atom stereocenters. The van der Waals surface area contributed by atoms with Crippen molar-refractivity contribution < 1.29 is 9.59 Å². The number of nitriles is 1. The standard InChI is InChI=1S/C22H26N4O2/c23-12-13-24-21(27)20(26-22(28)25-19-8-2-1-3-9-19)15-16-10-11-17-6-4-5-7-18(17)14-16/h4-7,10-11,14,19-20H,1-3,8-9,13,15H2,(H,24,27)(H2,25,26,28). The summed E-state index contributed by atoms with van der Waals surface area (Å²) in [5, 5.41) is 19.3. The van der Waals surface area contributed by atoms with Crippen LogP contribution < -0.4 is 16.0 Å². The van der Waals surface area contributed by atoms with Crippen molar-refractivity contribution in [3.63, 3.8) is 0 Å². The molecule has 0 bridgehead atoms. The molecule has 0 heterocycles. The van der Waals surface area contributed by atoms with Crippen LogP contribution in [0.1, 0.15) is 37.7 Å². The minimum atomic E-state index is -0.738. The first-order valence-electron chi connectivity index (χ1n) is 9.85. The van der Waals surface area contributed by atoms with Gasteiger partial charge in [-0.05, 0) is 29.2 Å². The van der Waals surface area contributed by atoms with E-state index in [1.54, 1.807) is 0 Å². The summed E-state index contributed by atoms with van der Waals surface area (Å²) in [7, 11) is 0. The maximum atomic E-state index is 12.5. The molecule has 3 rings (SSSR count). The Morgan fingerprint density at radius 3 is 2.57 bits per heavy atom. The van der Waals surface area contributed by atoms with Gasteiger partial charge in [0.05, 0.1) is 6.07 Å². The van der Waals surface area contributed by atoms with Gasteiger partial charge >= 0.3 is 6.03 Å². The van der Waals surface area contributed by atoms with Crippen LogP contribution in [0.2, 0.25) is 0 Å². The summed E-state index contributed by atoms with van der Waals surface area (Å²) in [5.74, 6) is -0.353. The number of amides is 3. The van der Waals surface area contributed by atoms with Crippen molar-refractivity contribution in [1.29, 1.82) is 5.26 Å². The molecule has 146 valence electrons. The molecule has 28 heavy (non-hydrogen) atoms. The molecule has 1 atom stereocenters. The largest absolute Gasteiger partial charge is 0.341 e. The summed E-state index contributed by atoms with van der Waals surface area (Å²) in [6.07, 6.45) is 5.76. The Kier molecular flexibility index (Phi) is 6.85. The second kappa shape index (κ2) is 9.75. The van der Waals surface area contributed by atoms with Crippen molar-refractivity contribution in [2.75, 3.05) is 6.54 Å². The SMILES string of the molecule is N#CCNC(=O)C(Cc1ccc2ccccc2c1)NC(=O)NC1CCCCC1. The number of fused-ring (bicyclic) bond motifs is 1. The lowest BCUT2D eigenvalue weighted by Crippen LogP contribution is -2.53. The van der Waals surface area contributed by atoms with Gasteiger partial charge in [0.15, 0.2) is 0 Å². The molecule has 2 aromatic carbocycles. The second-order valence-corrected chi connectivity index (χ2v) is 7.27. The van der Waals surface area contributed by atoms with E-state index in [1.807, 2.05) is 48.5 Å². The summed E-state index contributed by atoms with van der Waals surface area (Å²) in [6, 6.07) is 15.0. The van der Waals surface area contributed by atoms with E-state index >= 15 is 0 Å². The van der Waals surface area contributed by atoms with Crippen LogP contribution in [0.4, 0.5) is 4.79 Å². The predicted molar refractivity (Wildman–Crippen MR) is 109 cm³/mol. The van der Waals surface area contributed by atoms with Crippen molar-refractivity contribution in [1.82, 2.24) is 16.0 Å². The molecule has 1 saturated carbocycles. The third-order valence-corrected chi connectivity index (χ3v) is 5.16. The van der Waals surface area contributed by atoms with Gasteiger partial charge in [-0.2, -0.15) is 5.26 Å². The van der Waals surface area contributed by atoms with E-state index < -0.39 is 6.04 Å². The Hall–Kier alpha value is -3.07. The van der Waals surface area contributed by atoms with E-state index in [1.165, 1.54) is 6.42 Å². The number of nitrogens with zero attached hydrogens (tertiary/aromatic N) is 1. The van der Waals surface area contributed by atoms with Gasteiger partial charge < -0.3 is 16.0 Å². The Morgan fingerprint density at radius 1 is 1.07 bits per heavy atom. The summed E-state index contributed by atoms with van der Waals surface area (Å²) < 4.78 is 0. The first-order chi connectivity index (χ1) is 13.7. The van der Waals surface area contributed by atoms with Gasteiger partial charge in [-0.15, -0.1) is 0 Å². The van der Waals surface area contributed by atoms with E-state index in [4.69, 9.17) is 5.26 Å². The first kappa shape index (κ1) is 19.7. The van der Waals surface area contributed by atoms with Gasteiger partial charge in [0, 0.05) is 12.5 Å². The first-order valence-corrected chi connectivity index (χ1v) is 9.85. The molecule has 1 fully saturated rings. The summed E-state index contributed by atoms with van der Waals surface area (Å²) in [6.45, 7) is -0.0843. The monoisotopic (exact) mass is 378 g/mol. The number of hydrogen-bond donors (Lipinski definition) is 3. The lowest BCUT2D eigenvalue weighted by Gasteiger charge is -2.25. The average Bonchev–Trinajstić information content (AvgIpc) is 2.72. The number of benzene rings is 2. The number of hydrogen-bond acceptors (Lipinski definition) is 3. The van der Waals surface area contributed by atoms with Crippen LogP contribution in [0, 0.1) is 11.3 Å². The molecule has 0 spiro atoms. The zero-order valence-corrected chi connectivity index (χ0v) is 15.9. The normalized spacial score (nSPS) is 15.4. The molecule has 1 aliphatic carbocycles. The molecule has 1 aliphatic rings. The molecule has 3 amide bonds. The zero-order chi connectivity index (χ0) is 19.8. The summed E-state index contributed by atoms with van der Waals surface area (Å²) in [5.41, 5.74) is 0.953. The van der Waals surface area contributed by atoms with Crippen molar-refractivity contribution in [2.45, 2.75) is 50.6 Å². The van der Waals surface area contributed by atoms with Crippen molar-refractivity contribution in [3.05, 3.63) is 48.0 Å². The molecule has 0 aliphatic heterocycles. The minimum Gasteiger partial charge on any atom is -0.341 e. The topological polar surface area (TPSA) is 94.0 Å². The number of rotatable bonds is 6. The Bertz CT molecular complexity index is 868. The van der Waals surface area contributed by atoms with Crippen LogP contribution in [0.5, 0.6) is 0 Å². The summed E-state index contributed by atoms with van der Waals surface area (Å²) >= 11 is 0. The Labute approximate surface area is 165 Å². The average molecular weight is 378 g/mol. The predicted octanol–water partition coefficient (Wildman–Crippen LogP) is 3.02. The Balaban J connectivity index is 1.69. The number of nitrogens with one attached hydrogen (secondary N) is 3. The maximum Gasteiger partial charge on any atom is 0.315 e. The summed E-state index contributed by atoms with van der Waals surface area (Å²) in [4.78, 5) is 24.9. The van der Waals surface area contributed by atoms with Crippen molar-refractivity contribution in [3.8, 4) is 6.07 Å². The van der Waals surface area contributed by atoms with Crippen molar-refractivity contribution >= 4 is 22.7 Å². The van der Waals surface area contributed by atoms with Gasteiger partial charge in [-0.3, -0.25) is 4.79 Å². The smallest absolute Gasteiger partial charge is 0.315 e. The van der Waals surface area contributed by atoms with Crippen LogP contribution in [0.15, 0.2) is 42.5 Å². The zero-order valence-electron chi connectivity index (χ0n) is 15.9. The highest BCUT2D eigenvalue weighted by atomic mass is 16.2. The quantitative estimate of drug-likeness (QED) is 0.675. The van der Waals surface area contributed by atoms with Gasteiger partial charge in [-0.1, -0.05) is 61.7 Å². The van der Waals surface area contributed by atoms with Crippen LogP contribution in [-0.4, -0.2) is 30.6 Å². The van der Waals surface area contributed by atoms with Gasteiger partial charge in [-0.25, -0.2) is 4.79 Å². The molecule has 6 heteroatoms. The maximum absolute atomic E-state index is 12.5. The van der Waals surface area contributed by atoms with Gasteiger partial charge in [0.1, 0.15) is 12.6 Å². The number of urea groups is 1. The Morgan fingerprint density at radius 2 is 1.82 bits per heavy atom. The van der Waals surface area contributed by atoms with Gasteiger partial charge in [0.25, 0.3) is 0 Å². The molecular weight excluding hydrogens is 352 g/mol. The van der Waals surface area contributed by atoms with Gasteiger partial charge in [0.2, 0.25) is 5.91 Å². The van der Waals surface area contributed by atoms with Crippen LogP contribution >= 0.6 is 0 Å². The second-order valence-electron chi connectivity index (χ2n) is 7.27. The van der Waals surface area contributed by atoms with E-state index in [2.05, 4.69) is 16.0 Å². The highest BCUT2D eigenvalue weighted by Gasteiger charge is 2.23. The third kappa shape index (κ3) is 5.46. The lowest BCUT2D eigenvalue weighted by molar-refractivity contribution is -0.122. The van der Waals surface area contributed by atoms with Crippen LogP contribution in [0.25, 0.3) is 10.8 Å². The highest BCUT2D eigenvalue weighted by Crippen LogP contribution is 2.18. The van der Waals surface area contributed by atoms with Crippen LogP contribution in [-0.2, 0) is 11.2 Å². The van der Waals surface area contributed by atoms with Crippen molar-refractivity contribution in [2.24, 2.45) is 0 Å². The number of carbonyl (C=O) groups is 2. The minimum absolute atomic E-state index is 0.0843.